The lowest BCUT2D eigenvalue weighted by molar-refractivity contribution is -0.945. The highest BCUT2D eigenvalue weighted by Crippen LogP contribution is 2.68. The minimum Gasteiger partial charge on any atom is -1.00 e. The number of nitrogens with one attached hydrogen (secondary N) is 2. The van der Waals surface area contributed by atoms with E-state index in [0.29, 0.717) is 11.8 Å². The molecule has 5 nitrogen and oxygen atoms in total. The fourth-order valence-corrected chi connectivity index (χ4v) is 9.23. The summed E-state index contributed by atoms with van der Waals surface area (Å²) in [5, 5.41) is 12.2. The third-order valence-corrected chi connectivity index (χ3v) is 10.6. The maximum absolute atomic E-state index is 10.9. The monoisotopic (exact) mass is 550 g/mol. The third-order valence-electron chi connectivity index (χ3n) is 10.6. The molecule has 1 spiro atoms. The molecule has 3 aromatic rings. The number of aromatic nitrogens is 1. The molecular formula is C30H35BrN2O3. The summed E-state index contributed by atoms with van der Waals surface area (Å²) in [6.07, 6.45) is 9.72. The zero-order valence-corrected chi connectivity index (χ0v) is 22.5. The van der Waals surface area contributed by atoms with Crippen LogP contribution >= 0.6 is 0 Å². The summed E-state index contributed by atoms with van der Waals surface area (Å²) >= 11 is 0. The predicted octanol–water partition coefficient (Wildman–Crippen LogP) is 0.984. The summed E-state index contributed by atoms with van der Waals surface area (Å²) in [6.45, 7) is 2.41. The average Bonchev–Trinajstić information content (AvgIpc) is 3.43. The molecule has 1 aromatic heterocycles. The molecule has 2 fully saturated rings. The van der Waals surface area contributed by atoms with E-state index in [9.17, 15) is 5.11 Å². The van der Waals surface area contributed by atoms with Crippen LogP contribution in [-0.2, 0) is 23.0 Å². The summed E-state index contributed by atoms with van der Waals surface area (Å²) < 4.78 is 13.6. The van der Waals surface area contributed by atoms with E-state index in [1.807, 2.05) is 13.2 Å². The van der Waals surface area contributed by atoms with Gasteiger partial charge in [0.1, 0.15) is 11.6 Å². The number of fused-ring (bicyclic) bond motifs is 4. The molecule has 0 amide bonds. The number of likely N-dealkylation sites (tertiary alicyclic amines) is 1. The standard InChI is InChI=1S/C30H34N2O3.BrH/c1-34-30-16-21-20-9-5-6-10-22(20)31-26(21)28-29(30)13-14-32(17-18-7-3-2-4-8-18)24(30)15-19-11-12-23(33)27(35-28)25(19)29;/h5-6,9-12,18,24,28,31,33H,2-4,7-8,13-17H2,1H3;1H/t24-,28+,29+,30-;/m1./s1. The van der Waals surface area contributed by atoms with E-state index in [2.05, 4.69) is 35.3 Å². The molecule has 36 heavy (non-hydrogen) atoms. The number of aromatic hydroxyl groups is 1. The minimum absolute atomic E-state index is 0. The van der Waals surface area contributed by atoms with Crippen LogP contribution in [0.2, 0.25) is 0 Å². The van der Waals surface area contributed by atoms with Gasteiger partial charge in [0, 0.05) is 48.8 Å². The molecule has 1 saturated heterocycles. The van der Waals surface area contributed by atoms with E-state index in [1.165, 1.54) is 71.9 Å². The Hall–Kier alpha value is -2.02. The van der Waals surface area contributed by atoms with Gasteiger partial charge in [0.25, 0.3) is 0 Å². The number of quaternary nitrogens is 1. The summed E-state index contributed by atoms with van der Waals surface area (Å²) in [5.41, 5.74) is 5.70. The van der Waals surface area contributed by atoms with Crippen LogP contribution in [0.15, 0.2) is 36.4 Å². The Balaban J connectivity index is 0.00000220. The second kappa shape index (κ2) is 7.99. The largest absolute Gasteiger partial charge is 1.00 e. The summed E-state index contributed by atoms with van der Waals surface area (Å²) in [7, 11) is 1.95. The van der Waals surface area contributed by atoms with Crippen LogP contribution in [0.4, 0.5) is 0 Å². The highest BCUT2D eigenvalue weighted by atomic mass is 79.9. The number of piperidine rings is 1. The number of rotatable bonds is 3. The maximum atomic E-state index is 10.9. The lowest BCUT2D eigenvalue weighted by atomic mass is 9.48. The minimum atomic E-state index is -0.343. The lowest BCUT2D eigenvalue weighted by Crippen LogP contribution is -3.22. The third kappa shape index (κ3) is 2.68. The zero-order chi connectivity index (χ0) is 23.4. The smallest absolute Gasteiger partial charge is 0.166 e. The molecule has 6 heteroatoms. The number of aromatic amines is 1. The molecule has 1 unspecified atom stereocenters. The Morgan fingerprint density at radius 1 is 1.14 bits per heavy atom. The SMILES string of the molecule is CO[C@@]12Cc3c([nH]c4ccccc34)[C@@H]3Oc4c(O)ccc5c4[C@@]31CC[NH+](CC1CCCCC1)[C@@H]2C5.[Br-]. The van der Waals surface area contributed by atoms with E-state index < -0.39 is 0 Å². The quantitative estimate of drug-likeness (QED) is 0.455. The number of methoxy groups -OCH3 is 1. The number of phenols is 1. The van der Waals surface area contributed by atoms with Crippen molar-refractivity contribution in [2.24, 2.45) is 5.92 Å². The van der Waals surface area contributed by atoms with Crippen molar-refractivity contribution in [2.45, 2.75) is 74.5 Å². The highest BCUT2D eigenvalue weighted by Gasteiger charge is 2.75. The number of halogens is 1. The van der Waals surface area contributed by atoms with Crippen LogP contribution in [0.1, 0.15) is 67.0 Å². The highest BCUT2D eigenvalue weighted by molar-refractivity contribution is 5.86. The van der Waals surface area contributed by atoms with Crippen molar-refractivity contribution in [3.05, 3.63) is 58.8 Å². The Morgan fingerprint density at radius 2 is 1.97 bits per heavy atom. The number of phenolic OH excluding ortho intramolecular Hbond substituents is 1. The first-order chi connectivity index (χ1) is 17.2. The van der Waals surface area contributed by atoms with Crippen molar-refractivity contribution in [1.29, 1.82) is 0 Å². The first kappa shape index (κ1) is 23.1. The van der Waals surface area contributed by atoms with E-state index in [0.717, 1.165) is 31.7 Å². The molecule has 2 aliphatic heterocycles. The Bertz CT molecular complexity index is 1350. The number of hydrogen-bond donors (Lipinski definition) is 3. The van der Waals surface area contributed by atoms with Gasteiger partial charge >= 0.3 is 0 Å². The molecule has 3 aliphatic carbocycles. The van der Waals surface area contributed by atoms with Crippen LogP contribution in [0, 0.1) is 5.92 Å². The topological polar surface area (TPSA) is 58.9 Å². The molecule has 1 saturated carbocycles. The Kier molecular flexibility index (Phi) is 5.13. The number of ether oxygens (including phenoxy) is 2. The van der Waals surface area contributed by atoms with Gasteiger partial charge in [-0.3, -0.25) is 0 Å². The van der Waals surface area contributed by atoms with Gasteiger partial charge in [-0.2, -0.15) is 0 Å². The Morgan fingerprint density at radius 3 is 2.81 bits per heavy atom. The molecule has 2 aromatic carbocycles. The number of H-pyrrole nitrogens is 1. The van der Waals surface area contributed by atoms with Gasteiger partial charge in [0.2, 0.25) is 0 Å². The predicted molar refractivity (Wildman–Crippen MR) is 134 cm³/mol. The molecule has 3 N–H and O–H groups in total. The van der Waals surface area contributed by atoms with Crippen LogP contribution in [0.3, 0.4) is 0 Å². The first-order valence-electron chi connectivity index (χ1n) is 13.7. The zero-order valence-electron chi connectivity index (χ0n) is 20.9. The number of para-hydroxylation sites is 1. The van der Waals surface area contributed by atoms with Crippen molar-refractivity contribution in [3.63, 3.8) is 0 Å². The molecule has 2 bridgehead atoms. The second-order valence-electron chi connectivity index (χ2n) is 11.9. The van der Waals surface area contributed by atoms with E-state index in [1.54, 1.807) is 4.90 Å². The molecule has 5 aliphatic rings. The fraction of sp³-hybridized carbons (Fsp3) is 0.533. The van der Waals surface area contributed by atoms with Crippen LogP contribution < -0.4 is 26.6 Å². The van der Waals surface area contributed by atoms with Gasteiger partial charge in [-0.25, -0.2) is 0 Å². The van der Waals surface area contributed by atoms with Gasteiger partial charge in [-0.15, -0.1) is 0 Å². The van der Waals surface area contributed by atoms with Crippen LogP contribution in [-0.4, -0.2) is 41.9 Å². The molecule has 5 atom stereocenters. The molecule has 0 radical (unpaired) electrons. The van der Waals surface area contributed by atoms with E-state index in [-0.39, 0.29) is 39.9 Å². The summed E-state index contributed by atoms with van der Waals surface area (Å²) in [4.78, 5) is 5.49. The van der Waals surface area contributed by atoms with Gasteiger partial charge in [-0.1, -0.05) is 43.5 Å². The summed E-state index contributed by atoms with van der Waals surface area (Å²) in [5.74, 6) is 1.81. The van der Waals surface area contributed by atoms with Crippen molar-refractivity contribution in [2.75, 3.05) is 20.2 Å². The maximum Gasteiger partial charge on any atom is 0.166 e. The molecule has 190 valence electrons. The van der Waals surface area contributed by atoms with Crippen molar-refractivity contribution >= 4 is 10.9 Å². The normalized spacial score (nSPS) is 34.0. The van der Waals surface area contributed by atoms with Crippen LogP contribution in [0.25, 0.3) is 10.9 Å². The van der Waals surface area contributed by atoms with Crippen molar-refractivity contribution in [3.8, 4) is 11.5 Å². The lowest BCUT2D eigenvalue weighted by Gasteiger charge is -2.62. The fourth-order valence-electron chi connectivity index (χ4n) is 9.23. The second-order valence-corrected chi connectivity index (χ2v) is 11.9. The van der Waals surface area contributed by atoms with Gasteiger partial charge in [0.05, 0.1) is 24.2 Å². The molecular weight excluding hydrogens is 516 g/mol. The average molecular weight is 552 g/mol. The number of benzene rings is 2. The van der Waals surface area contributed by atoms with Crippen LogP contribution in [0.5, 0.6) is 11.5 Å². The Labute approximate surface area is 222 Å². The van der Waals surface area contributed by atoms with Gasteiger partial charge in [0.15, 0.2) is 17.6 Å². The molecule has 3 heterocycles. The van der Waals surface area contributed by atoms with Gasteiger partial charge in [-0.05, 0) is 36.1 Å². The number of hydrogen-bond acceptors (Lipinski definition) is 3. The van der Waals surface area contributed by atoms with E-state index >= 15 is 0 Å². The first-order valence-corrected chi connectivity index (χ1v) is 13.7. The van der Waals surface area contributed by atoms with Gasteiger partial charge < -0.3 is 41.4 Å². The van der Waals surface area contributed by atoms with Crippen molar-refractivity contribution in [1.82, 2.24) is 4.98 Å². The summed E-state index contributed by atoms with van der Waals surface area (Å²) in [6, 6.07) is 13.1. The van der Waals surface area contributed by atoms with Crippen molar-refractivity contribution < 1.29 is 36.5 Å². The molecule has 8 rings (SSSR count). The van der Waals surface area contributed by atoms with E-state index in [4.69, 9.17) is 9.47 Å².